The first kappa shape index (κ1) is 18.3. The van der Waals surface area contributed by atoms with E-state index in [9.17, 15) is 13.2 Å². The Morgan fingerprint density at radius 1 is 1.15 bits per heavy atom. The van der Waals surface area contributed by atoms with Gasteiger partial charge in [0.2, 0.25) is 5.95 Å². The van der Waals surface area contributed by atoms with Crippen LogP contribution in [0.25, 0.3) is 0 Å². The first-order valence-electron chi connectivity index (χ1n) is 8.19. The van der Waals surface area contributed by atoms with Crippen LogP contribution in [0.2, 0.25) is 0 Å². The highest BCUT2D eigenvalue weighted by Crippen LogP contribution is 2.35. The summed E-state index contributed by atoms with van der Waals surface area (Å²) in [6, 6.07) is 5.16. The first-order valence-corrected chi connectivity index (χ1v) is 8.19. The van der Waals surface area contributed by atoms with Gasteiger partial charge in [0.1, 0.15) is 0 Å². The molecule has 1 aliphatic rings. The van der Waals surface area contributed by atoms with E-state index in [1.807, 2.05) is 0 Å². The van der Waals surface area contributed by atoms with Gasteiger partial charge < -0.3 is 15.4 Å². The van der Waals surface area contributed by atoms with E-state index in [2.05, 4.69) is 30.7 Å². The summed E-state index contributed by atoms with van der Waals surface area (Å²) in [5.41, 5.74) is -0.901. The van der Waals surface area contributed by atoms with E-state index in [1.165, 1.54) is 24.4 Å². The molecule has 7 nitrogen and oxygen atoms in total. The highest BCUT2D eigenvalue weighted by Gasteiger charge is 2.33. The van der Waals surface area contributed by atoms with Gasteiger partial charge in [0, 0.05) is 26.2 Å². The van der Waals surface area contributed by atoms with Crippen LogP contribution >= 0.6 is 0 Å². The standard InChI is InChI=1S/C16H19F3N6O/c17-16(18,19)12-3-1-2-4-13(12)22-15-23-14(11-21-24-15)20-5-6-25-7-9-26-10-8-25/h1-4,11H,5-10H2,(H2,20,22,23,24). The van der Waals surface area contributed by atoms with E-state index in [-0.39, 0.29) is 11.6 Å². The summed E-state index contributed by atoms with van der Waals surface area (Å²) >= 11 is 0. The molecule has 2 heterocycles. The quantitative estimate of drug-likeness (QED) is 0.811. The Morgan fingerprint density at radius 2 is 1.92 bits per heavy atom. The van der Waals surface area contributed by atoms with Crippen molar-refractivity contribution in [1.82, 2.24) is 20.1 Å². The minimum atomic E-state index is -4.47. The Balaban J connectivity index is 1.61. The van der Waals surface area contributed by atoms with E-state index in [1.54, 1.807) is 0 Å². The van der Waals surface area contributed by atoms with Crippen molar-refractivity contribution in [2.24, 2.45) is 0 Å². The second-order valence-corrected chi connectivity index (χ2v) is 5.71. The van der Waals surface area contributed by atoms with Crippen molar-refractivity contribution in [2.75, 3.05) is 50.0 Å². The largest absolute Gasteiger partial charge is 0.418 e. The summed E-state index contributed by atoms with van der Waals surface area (Å²) in [5.74, 6) is 0.443. The highest BCUT2D eigenvalue weighted by atomic mass is 19.4. The Hall–Kier alpha value is -2.46. The number of anilines is 3. The maximum absolute atomic E-state index is 13.1. The van der Waals surface area contributed by atoms with Crippen LogP contribution < -0.4 is 10.6 Å². The lowest BCUT2D eigenvalue weighted by atomic mass is 10.1. The molecule has 0 radical (unpaired) electrons. The van der Waals surface area contributed by atoms with Crippen LogP contribution in [0.15, 0.2) is 30.5 Å². The van der Waals surface area contributed by atoms with Crippen LogP contribution in [0.3, 0.4) is 0 Å². The molecule has 0 unspecified atom stereocenters. The summed E-state index contributed by atoms with van der Waals surface area (Å²) in [5, 5.41) is 13.2. The fraction of sp³-hybridized carbons (Fsp3) is 0.438. The molecule has 2 N–H and O–H groups in total. The third-order valence-electron chi connectivity index (χ3n) is 3.88. The summed E-state index contributed by atoms with van der Waals surface area (Å²) < 4.78 is 44.4. The maximum atomic E-state index is 13.1. The number of morpholine rings is 1. The number of alkyl halides is 3. The summed E-state index contributed by atoms with van der Waals surface area (Å²) in [4.78, 5) is 6.42. The normalized spacial score (nSPS) is 15.7. The average molecular weight is 368 g/mol. The van der Waals surface area contributed by atoms with Gasteiger partial charge in [-0.3, -0.25) is 4.90 Å². The SMILES string of the molecule is FC(F)(F)c1ccccc1Nc1nncc(NCCN2CCOCC2)n1. The zero-order valence-corrected chi connectivity index (χ0v) is 14.0. The summed E-state index contributed by atoms with van der Waals surface area (Å²) in [6.45, 7) is 4.66. The Kier molecular flexibility index (Phi) is 5.84. The number of ether oxygens (including phenoxy) is 1. The van der Waals surface area contributed by atoms with E-state index < -0.39 is 11.7 Å². The number of halogens is 3. The molecule has 26 heavy (non-hydrogen) atoms. The molecule has 1 fully saturated rings. The number of nitrogens with one attached hydrogen (secondary N) is 2. The van der Waals surface area contributed by atoms with Crippen molar-refractivity contribution in [3.8, 4) is 0 Å². The molecule has 0 bridgehead atoms. The topological polar surface area (TPSA) is 75.2 Å². The van der Waals surface area contributed by atoms with E-state index >= 15 is 0 Å². The van der Waals surface area contributed by atoms with E-state index in [0.717, 1.165) is 38.9 Å². The predicted molar refractivity (Wildman–Crippen MR) is 90.3 cm³/mol. The zero-order valence-electron chi connectivity index (χ0n) is 14.0. The first-order chi connectivity index (χ1) is 12.5. The van der Waals surface area contributed by atoms with Gasteiger partial charge in [0.15, 0.2) is 5.82 Å². The smallest absolute Gasteiger partial charge is 0.379 e. The maximum Gasteiger partial charge on any atom is 0.418 e. The van der Waals surface area contributed by atoms with Crippen molar-refractivity contribution in [2.45, 2.75) is 6.18 Å². The van der Waals surface area contributed by atoms with Gasteiger partial charge >= 0.3 is 6.18 Å². The number of hydrogen-bond acceptors (Lipinski definition) is 7. The lowest BCUT2D eigenvalue weighted by Gasteiger charge is -2.26. The predicted octanol–water partition coefficient (Wildman–Crippen LogP) is 2.38. The fourth-order valence-corrected chi connectivity index (χ4v) is 2.57. The van der Waals surface area contributed by atoms with Crippen LogP contribution in [-0.2, 0) is 10.9 Å². The third-order valence-corrected chi connectivity index (χ3v) is 3.88. The molecule has 1 saturated heterocycles. The van der Waals surface area contributed by atoms with Crippen LogP contribution in [0.4, 0.5) is 30.6 Å². The van der Waals surface area contributed by atoms with Gasteiger partial charge in [0.25, 0.3) is 0 Å². The van der Waals surface area contributed by atoms with Gasteiger partial charge in [-0.05, 0) is 12.1 Å². The second kappa shape index (κ2) is 8.28. The van der Waals surface area contributed by atoms with Crippen LogP contribution in [0.5, 0.6) is 0 Å². The molecular formula is C16H19F3N6O. The van der Waals surface area contributed by atoms with Crippen molar-refractivity contribution < 1.29 is 17.9 Å². The minimum Gasteiger partial charge on any atom is -0.379 e. The van der Waals surface area contributed by atoms with Crippen molar-refractivity contribution in [3.63, 3.8) is 0 Å². The molecule has 0 saturated carbocycles. The summed E-state index contributed by atoms with van der Waals surface area (Å²) in [7, 11) is 0. The van der Waals surface area contributed by atoms with Gasteiger partial charge in [0.05, 0.1) is 30.7 Å². The molecule has 0 spiro atoms. The number of para-hydroxylation sites is 1. The molecule has 3 rings (SSSR count). The third kappa shape index (κ3) is 5.02. The molecule has 10 heteroatoms. The van der Waals surface area contributed by atoms with Crippen LogP contribution in [0.1, 0.15) is 5.56 Å². The van der Waals surface area contributed by atoms with Crippen molar-refractivity contribution in [1.29, 1.82) is 0 Å². The number of nitrogens with zero attached hydrogens (tertiary/aromatic N) is 4. The Labute approximate surface area is 148 Å². The summed E-state index contributed by atoms with van der Waals surface area (Å²) in [6.07, 6.45) is -3.04. The van der Waals surface area contributed by atoms with Crippen LogP contribution in [-0.4, -0.2) is 59.5 Å². The van der Waals surface area contributed by atoms with Gasteiger partial charge in [-0.2, -0.15) is 23.3 Å². The average Bonchev–Trinajstić information content (AvgIpc) is 2.63. The molecule has 140 valence electrons. The van der Waals surface area contributed by atoms with E-state index in [0.29, 0.717) is 12.4 Å². The number of benzene rings is 1. The number of aromatic nitrogens is 3. The monoisotopic (exact) mass is 368 g/mol. The molecule has 0 atom stereocenters. The lowest BCUT2D eigenvalue weighted by molar-refractivity contribution is -0.136. The van der Waals surface area contributed by atoms with E-state index in [4.69, 9.17) is 4.74 Å². The fourth-order valence-electron chi connectivity index (χ4n) is 2.57. The molecule has 1 aromatic heterocycles. The molecular weight excluding hydrogens is 349 g/mol. The number of rotatable bonds is 6. The highest BCUT2D eigenvalue weighted by molar-refractivity contribution is 5.59. The molecule has 0 amide bonds. The minimum absolute atomic E-state index is 0.00178. The Morgan fingerprint density at radius 3 is 2.69 bits per heavy atom. The van der Waals surface area contributed by atoms with Gasteiger partial charge in [-0.15, -0.1) is 5.10 Å². The van der Waals surface area contributed by atoms with Crippen molar-refractivity contribution >= 4 is 17.5 Å². The molecule has 1 aliphatic heterocycles. The second-order valence-electron chi connectivity index (χ2n) is 5.71. The number of hydrogen-bond donors (Lipinski definition) is 2. The van der Waals surface area contributed by atoms with Crippen molar-refractivity contribution in [3.05, 3.63) is 36.0 Å². The molecule has 0 aliphatic carbocycles. The Bertz CT molecular complexity index is 721. The van der Waals surface area contributed by atoms with Crippen LogP contribution in [0, 0.1) is 0 Å². The zero-order chi connectivity index (χ0) is 18.4. The lowest BCUT2D eigenvalue weighted by Crippen LogP contribution is -2.39. The van der Waals surface area contributed by atoms with Gasteiger partial charge in [-0.1, -0.05) is 12.1 Å². The van der Waals surface area contributed by atoms with Gasteiger partial charge in [-0.25, -0.2) is 0 Å². The molecule has 1 aromatic carbocycles. The molecule has 2 aromatic rings.